The first-order valence-corrected chi connectivity index (χ1v) is 10.8. The third kappa shape index (κ3) is 3.54. The molecule has 2 aliphatic rings. The van der Waals surface area contributed by atoms with Gasteiger partial charge in [0, 0.05) is 52.9 Å². The minimum Gasteiger partial charge on any atom is -0.340 e. The molecule has 162 valence electrons. The Kier molecular flexibility index (Phi) is 4.89. The maximum absolute atomic E-state index is 13.4. The van der Waals surface area contributed by atoms with Crippen molar-refractivity contribution in [2.45, 2.75) is 32.2 Å². The van der Waals surface area contributed by atoms with Gasteiger partial charge in [0.05, 0.1) is 16.7 Å². The Morgan fingerprint density at radius 3 is 2.71 bits per heavy atom. The Morgan fingerprint density at radius 1 is 1.23 bits per heavy atom. The molecule has 4 heterocycles. The fraction of sp³-hybridized carbons (Fsp3) is 0.478. The lowest BCUT2D eigenvalue weighted by molar-refractivity contribution is 0.0573. The molecule has 1 amide bonds. The molecular weight excluding hydrogens is 392 g/mol. The van der Waals surface area contributed by atoms with Crippen LogP contribution in [0.25, 0.3) is 0 Å². The molecule has 2 saturated heterocycles. The normalized spacial score (nSPS) is 23.8. The second kappa shape index (κ2) is 7.60. The van der Waals surface area contributed by atoms with E-state index in [4.69, 9.17) is 4.52 Å². The van der Waals surface area contributed by atoms with E-state index in [0.717, 1.165) is 44.1 Å². The van der Waals surface area contributed by atoms with E-state index in [-0.39, 0.29) is 11.3 Å². The molecule has 2 aliphatic heterocycles. The van der Waals surface area contributed by atoms with Gasteiger partial charge in [0.15, 0.2) is 5.82 Å². The van der Waals surface area contributed by atoms with Crippen LogP contribution in [0, 0.1) is 19.8 Å². The molecule has 0 N–H and O–H groups in total. The smallest absolute Gasteiger partial charge is 0.257 e. The van der Waals surface area contributed by atoms with Crippen molar-refractivity contribution in [3.63, 3.8) is 0 Å². The summed E-state index contributed by atoms with van der Waals surface area (Å²) in [6.45, 7) is 7.69. The molecule has 1 aromatic carbocycles. The van der Waals surface area contributed by atoms with E-state index < -0.39 is 0 Å². The van der Waals surface area contributed by atoms with Crippen molar-refractivity contribution in [2.24, 2.45) is 13.0 Å². The highest BCUT2D eigenvalue weighted by atomic mass is 16.5. The molecule has 8 heteroatoms. The topological polar surface area (TPSA) is 80.3 Å². The molecule has 0 spiro atoms. The van der Waals surface area contributed by atoms with Gasteiger partial charge in [-0.15, -0.1) is 0 Å². The van der Waals surface area contributed by atoms with Gasteiger partial charge in [0.2, 0.25) is 5.89 Å². The number of benzene rings is 1. The molecule has 31 heavy (non-hydrogen) atoms. The zero-order valence-electron chi connectivity index (χ0n) is 18.3. The lowest BCUT2D eigenvalue weighted by atomic mass is 9.72. The average molecular weight is 421 g/mol. The van der Waals surface area contributed by atoms with Gasteiger partial charge >= 0.3 is 0 Å². The highest BCUT2D eigenvalue weighted by Crippen LogP contribution is 2.44. The molecular formula is C23H28N6O2. The Bertz CT molecular complexity index is 1090. The third-order valence-electron chi connectivity index (χ3n) is 6.74. The van der Waals surface area contributed by atoms with Crippen LogP contribution in [0.2, 0.25) is 0 Å². The van der Waals surface area contributed by atoms with E-state index in [9.17, 15) is 4.79 Å². The number of hydrogen-bond acceptors (Lipinski definition) is 6. The Hall–Kier alpha value is -3.00. The van der Waals surface area contributed by atoms with E-state index in [1.807, 2.05) is 38.1 Å². The summed E-state index contributed by atoms with van der Waals surface area (Å²) in [5, 5.41) is 8.69. The van der Waals surface area contributed by atoms with Gasteiger partial charge < -0.3 is 9.42 Å². The van der Waals surface area contributed by atoms with Crippen LogP contribution in [0.5, 0.6) is 0 Å². The molecule has 2 atom stereocenters. The number of hydrogen-bond donors (Lipinski definition) is 0. The summed E-state index contributed by atoms with van der Waals surface area (Å²) in [6.07, 6.45) is 2.73. The zero-order valence-corrected chi connectivity index (χ0v) is 18.3. The number of nitrogens with zero attached hydrogens (tertiary/aromatic N) is 6. The second-order valence-electron chi connectivity index (χ2n) is 8.96. The lowest BCUT2D eigenvalue weighted by Gasteiger charge is -2.42. The summed E-state index contributed by atoms with van der Waals surface area (Å²) < 4.78 is 7.08. The number of rotatable bonds is 4. The molecule has 0 saturated carbocycles. The molecule has 0 unspecified atom stereocenters. The van der Waals surface area contributed by atoms with Crippen molar-refractivity contribution in [3.8, 4) is 0 Å². The number of carbonyl (C=O) groups excluding carboxylic acids is 1. The minimum atomic E-state index is -0.323. The molecule has 8 nitrogen and oxygen atoms in total. The number of likely N-dealkylation sites (tertiary alicyclic amines) is 2. The Labute approximate surface area is 181 Å². The molecule has 0 aliphatic carbocycles. The second-order valence-corrected chi connectivity index (χ2v) is 8.96. The number of amides is 1. The summed E-state index contributed by atoms with van der Waals surface area (Å²) in [4.78, 5) is 22.4. The molecule has 3 aromatic rings. The van der Waals surface area contributed by atoms with Gasteiger partial charge in [-0.25, -0.2) is 0 Å². The van der Waals surface area contributed by atoms with Crippen LogP contribution >= 0.6 is 0 Å². The summed E-state index contributed by atoms with van der Waals surface area (Å²) >= 11 is 0. The number of aromatic nitrogens is 4. The predicted molar refractivity (Wildman–Crippen MR) is 114 cm³/mol. The summed E-state index contributed by atoms with van der Waals surface area (Å²) in [5.41, 5.74) is 2.39. The minimum absolute atomic E-state index is 0.0325. The van der Waals surface area contributed by atoms with Crippen LogP contribution in [0.3, 0.4) is 0 Å². The quantitative estimate of drug-likeness (QED) is 0.645. The molecule has 5 rings (SSSR count). The van der Waals surface area contributed by atoms with Crippen molar-refractivity contribution in [1.29, 1.82) is 0 Å². The zero-order chi connectivity index (χ0) is 21.6. The van der Waals surface area contributed by atoms with Crippen molar-refractivity contribution in [2.75, 3.05) is 26.2 Å². The van der Waals surface area contributed by atoms with Gasteiger partial charge in [-0.05, 0) is 24.8 Å². The highest BCUT2D eigenvalue weighted by molar-refractivity contribution is 5.95. The van der Waals surface area contributed by atoms with Crippen LogP contribution in [0.4, 0.5) is 0 Å². The van der Waals surface area contributed by atoms with Crippen LogP contribution in [0.1, 0.15) is 39.8 Å². The summed E-state index contributed by atoms with van der Waals surface area (Å²) in [7, 11) is 1.85. The van der Waals surface area contributed by atoms with Crippen LogP contribution in [0.15, 0.2) is 41.1 Å². The van der Waals surface area contributed by atoms with Crippen LogP contribution in [-0.4, -0.2) is 61.8 Å². The highest BCUT2D eigenvalue weighted by Gasteiger charge is 2.54. The maximum atomic E-state index is 13.4. The van der Waals surface area contributed by atoms with Gasteiger partial charge in [-0.3, -0.25) is 14.4 Å². The number of piperidine rings is 1. The first kappa shape index (κ1) is 19.9. The largest absolute Gasteiger partial charge is 0.340 e. The number of carbonyl (C=O) groups is 1. The van der Waals surface area contributed by atoms with Crippen LogP contribution in [-0.2, 0) is 19.0 Å². The third-order valence-corrected chi connectivity index (χ3v) is 6.74. The molecule has 0 bridgehead atoms. The van der Waals surface area contributed by atoms with Crippen molar-refractivity contribution >= 4 is 5.91 Å². The van der Waals surface area contributed by atoms with Gasteiger partial charge in [-0.1, -0.05) is 35.5 Å². The fourth-order valence-electron chi connectivity index (χ4n) is 5.30. The van der Waals surface area contributed by atoms with Gasteiger partial charge in [0.1, 0.15) is 0 Å². The van der Waals surface area contributed by atoms with E-state index >= 15 is 0 Å². The number of fused-ring (bicyclic) bond motifs is 1. The monoisotopic (exact) mass is 420 g/mol. The number of aryl methyl sites for hydroxylation is 3. The Morgan fingerprint density at radius 2 is 2.03 bits per heavy atom. The summed E-state index contributed by atoms with van der Waals surface area (Å²) in [6, 6.07) is 10.5. The molecule has 0 radical (unpaired) electrons. The first-order valence-electron chi connectivity index (χ1n) is 10.8. The summed E-state index contributed by atoms with van der Waals surface area (Å²) in [5.74, 6) is 1.71. The van der Waals surface area contributed by atoms with E-state index in [1.165, 1.54) is 5.56 Å². The SMILES string of the molecule is Cc1nc([C@@]23CN(Cc4ccccc4)C[C@@H]2CCN(C(=O)c2cn(C)nc2C)C3)no1. The predicted octanol–water partition coefficient (Wildman–Crippen LogP) is 2.34. The van der Waals surface area contributed by atoms with Gasteiger partial charge in [-0.2, -0.15) is 10.1 Å². The first-order chi connectivity index (χ1) is 14.9. The standard InChI is InChI=1S/C23H28N6O2/c1-16-20(13-27(3)25-16)21(30)29-10-9-19-12-28(11-18-7-5-4-6-8-18)14-23(19,15-29)22-24-17(2)31-26-22/h4-8,13,19H,9-12,14-15H2,1-3H3/t19-,23+/m0/s1. The van der Waals surface area contributed by atoms with Gasteiger partial charge in [0.25, 0.3) is 5.91 Å². The average Bonchev–Trinajstić information content (AvgIpc) is 3.44. The van der Waals surface area contributed by atoms with Crippen molar-refractivity contribution < 1.29 is 9.32 Å². The Balaban J connectivity index is 1.45. The van der Waals surface area contributed by atoms with Crippen molar-refractivity contribution in [1.82, 2.24) is 29.7 Å². The van der Waals surface area contributed by atoms with E-state index in [0.29, 0.717) is 23.9 Å². The molecule has 2 fully saturated rings. The van der Waals surface area contributed by atoms with E-state index in [1.54, 1.807) is 4.68 Å². The van der Waals surface area contributed by atoms with Crippen molar-refractivity contribution in [3.05, 3.63) is 65.1 Å². The maximum Gasteiger partial charge on any atom is 0.257 e. The molecule has 2 aromatic heterocycles. The lowest BCUT2D eigenvalue weighted by Crippen LogP contribution is -2.54. The fourth-order valence-corrected chi connectivity index (χ4v) is 5.30. The van der Waals surface area contributed by atoms with E-state index in [2.05, 4.69) is 44.4 Å². The van der Waals surface area contributed by atoms with Crippen LogP contribution < -0.4 is 0 Å².